The summed E-state index contributed by atoms with van der Waals surface area (Å²) in [6.07, 6.45) is 4.18. The number of anilines is 1. The first-order valence-corrected chi connectivity index (χ1v) is 13.0. The second kappa shape index (κ2) is 13.8. The summed E-state index contributed by atoms with van der Waals surface area (Å²) in [5.74, 6) is -0.686. The van der Waals surface area contributed by atoms with E-state index >= 15 is 0 Å². The second-order valence-corrected chi connectivity index (χ2v) is 9.28. The number of benzene rings is 1. The smallest absolute Gasteiger partial charge is 0.334 e. The molecule has 1 unspecified atom stereocenters. The van der Waals surface area contributed by atoms with Crippen LogP contribution in [-0.4, -0.2) is 63.0 Å². The zero-order chi connectivity index (χ0) is 26.8. The number of nitrogen functional groups attached to an aromatic ring is 1. The fourth-order valence-corrected chi connectivity index (χ4v) is 4.30. The molecular weight excluding hydrogens is 476 g/mol. The molecule has 37 heavy (non-hydrogen) atoms. The Morgan fingerprint density at radius 3 is 2.46 bits per heavy atom. The van der Waals surface area contributed by atoms with Gasteiger partial charge in [0, 0.05) is 19.6 Å². The maximum absolute atomic E-state index is 12.7. The van der Waals surface area contributed by atoms with E-state index in [9.17, 15) is 14.9 Å². The molecule has 1 fully saturated rings. The number of hydrogen-bond donors (Lipinski definition) is 1. The molecule has 3 rings (SSSR count). The highest BCUT2D eigenvalue weighted by Gasteiger charge is 2.29. The van der Waals surface area contributed by atoms with Gasteiger partial charge in [-0.25, -0.2) is 0 Å². The molecule has 2 heterocycles. The fraction of sp³-hybridized carbons (Fsp3) is 0.577. The Morgan fingerprint density at radius 1 is 1.16 bits per heavy atom. The van der Waals surface area contributed by atoms with E-state index in [1.807, 2.05) is 19.1 Å². The molecule has 1 atom stereocenters. The molecule has 1 aromatic carbocycles. The van der Waals surface area contributed by atoms with Gasteiger partial charge in [0.15, 0.2) is 0 Å². The first-order valence-electron chi connectivity index (χ1n) is 13.0. The van der Waals surface area contributed by atoms with E-state index in [-0.39, 0.29) is 36.4 Å². The van der Waals surface area contributed by atoms with Crippen molar-refractivity contribution in [3.8, 4) is 6.01 Å². The lowest BCUT2D eigenvalue weighted by Gasteiger charge is -2.27. The van der Waals surface area contributed by atoms with Crippen LogP contribution in [0.5, 0.6) is 6.01 Å². The van der Waals surface area contributed by atoms with Crippen molar-refractivity contribution in [1.29, 1.82) is 0 Å². The van der Waals surface area contributed by atoms with E-state index in [1.165, 1.54) is 18.4 Å². The lowest BCUT2D eigenvalue weighted by Crippen LogP contribution is -2.39. The zero-order valence-corrected chi connectivity index (χ0v) is 22.0. The third kappa shape index (κ3) is 8.09. The van der Waals surface area contributed by atoms with Crippen molar-refractivity contribution >= 4 is 17.5 Å². The summed E-state index contributed by atoms with van der Waals surface area (Å²) in [5, 5.41) is 11.8. The van der Waals surface area contributed by atoms with Crippen molar-refractivity contribution in [2.75, 3.05) is 32.0 Å². The Labute approximate surface area is 218 Å². The number of hydrogen-bond acceptors (Lipinski definition) is 10. The number of nitrogens with zero attached hydrogens (tertiary/aromatic N) is 5. The Morgan fingerprint density at radius 2 is 1.84 bits per heavy atom. The summed E-state index contributed by atoms with van der Waals surface area (Å²) in [6.45, 7) is 9.59. The lowest BCUT2D eigenvalue weighted by molar-refractivity contribution is -0.385. The molecule has 0 saturated carbocycles. The molecule has 0 aliphatic carbocycles. The molecule has 0 amide bonds. The van der Waals surface area contributed by atoms with Crippen molar-refractivity contribution in [1.82, 2.24) is 19.8 Å². The van der Waals surface area contributed by atoms with Gasteiger partial charge in [0.1, 0.15) is 11.7 Å². The topological polar surface area (TPSA) is 137 Å². The summed E-state index contributed by atoms with van der Waals surface area (Å²) in [7, 11) is 0. The Kier molecular flexibility index (Phi) is 10.6. The number of unbranched alkanes of at least 4 members (excludes halogenated alkanes) is 1. The lowest BCUT2D eigenvalue weighted by atomic mass is 10.1. The molecule has 1 aliphatic rings. The van der Waals surface area contributed by atoms with Crippen LogP contribution in [0.2, 0.25) is 0 Å². The first kappa shape index (κ1) is 28.3. The quantitative estimate of drug-likeness (QED) is 0.172. The molecule has 1 aromatic heterocycles. The largest absolute Gasteiger partial charge is 0.465 e. The Balaban J connectivity index is 1.85. The van der Waals surface area contributed by atoms with Crippen LogP contribution in [-0.2, 0) is 29.2 Å². The SMILES string of the molecule is CCCCOc1nc(N)c([N+](=O)[O-])c(CN(Cc2ccc(CN3CCCC3)cc2)C(C)C(=O)OCC)n1. The third-order valence-electron chi connectivity index (χ3n) is 6.42. The predicted octanol–water partition coefficient (Wildman–Crippen LogP) is 3.70. The van der Waals surface area contributed by atoms with Gasteiger partial charge in [-0.3, -0.25) is 24.7 Å². The minimum atomic E-state index is -0.676. The van der Waals surface area contributed by atoms with Gasteiger partial charge < -0.3 is 15.2 Å². The van der Waals surface area contributed by atoms with E-state index in [0.717, 1.165) is 38.0 Å². The average Bonchev–Trinajstić information content (AvgIpc) is 3.37. The number of aromatic nitrogens is 2. The molecule has 0 radical (unpaired) electrons. The van der Waals surface area contributed by atoms with Crippen LogP contribution >= 0.6 is 0 Å². The van der Waals surface area contributed by atoms with Crippen molar-refractivity contribution in [2.24, 2.45) is 0 Å². The second-order valence-electron chi connectivity index (χ2n) is 9.28. The zero-order valence-electron chi connectivity index (χ0n) is 22.0. The number of nitro groups is 1. The highest BCUT2D eigenvalue weighted by atomic mass is 16.6. The van der Waals surface area contributed by atoms with Gasteiger partial charge in [-0.2, -0.15) is 9.97 Å². The monoisotopic (exact) mass is 514 g/mol. The van der Waals surface area contributed by atoms with Crippen LogP contribution in [0.3, 0.4) is 0 Å². The molecule has 2 aromatic rings. The van der Waals surface area contributed by atoms with E-state index in [1.54, 1.807) is 18.7 Å². The van der Waals surface area contributed by atoms with Gasteiger partial charge in [0.05, 0.1) is 18.1 Å². The molecular formula is C26H38N6O5. The van der Waals surface area contributed by atoms with Gasteiger partial charge in [0.2, 0.25) is 5.82 Å². The molecule has 11 nitrogen and oxygen atoms in total. The van der Waals surface area contributed by atoms with Gasteiger partial charge in [0.25, 0.3) is 0 Å². The highest BCUT2D eigenvalue weighted by Crippen LogP contribution is 2.28. The predicted molar refractivity (Wildman–Crippen MR) is 140 cm³/mol. The van der Waals surface area contributed by atoms with E-state index in [4.69, 9.17) is 15.2 Å². The minimum Gasteiger partial charge on any atom is -0.465 e. The standard InChI is InChI=1S/C26H38N6O5/c1-4-6-15-37-26-28-22(23(32(34)35)24(27)29-26)18-31(19(3)25(33)36-5-2)17-21-11-9-20(10-12-21)16-30-13-7-8-14-30/h9-12,19H,4-8,13-18H2,1-3H3,(H2,27,28,29). The molecule has 1 aliphatic heterocycles. The van der Waals surface area contributed by atoms with Gasteiger partial charge in [-0.1, -0.05) is 37.6 Å². The number of nitrogens with two attached hydrogens (primary N) is 1. The van der Waals surface area contributed by atoms with E-state index < -0.39 is 16.9 Å². The summed E-state index contributed by atoms with van der Waals surface area (Å²) in [6, 6.07) is 7.54. The summed E-state index contributed by atoms with van der Waals surface area (Å²) < 4.78 is 10.8. The van der Waals surface area contributed by atoms with E-state index in [0.29, 0.717) is 13.2 Å². The van der Waals surface area contributed by atoms with Crippen LogP contribution in [0, 0.1) is 10.1 Å². The number of esters is 1. The van der Waals surface area contributed by atoms with Gasteiger partial charge in [-0.05, 0) is 57.3 Å². The number of carbonyl (C=O) groups excluding carboxylic acids is 1. The maximum Gasteiger partial charge on any atom is 0.334 e. The van der Waals surface area contributed by atoms with Crippen molar-refractivity contribution in [3.63, 3.8) is 0 Å². The number of ether oxygens (including phenoxy) is 2. The van der Waals surface area contributed by atoms with Crippen LogP contribution in [0.1, 0.15) is 63.3 Å². The van der Waals surface area contributed by atoms with E-state index in [2.05, 4.69) is 27.0 Å². The van der Waals surface area contributed by atoms with Gasteiger partial charge >= 0.3 is 17.7 Å². The first-order chi connectivity index (χ1) is 17.8. The molecule has 202 valence electrons. The Hall–Kier alpha value is -3.31. The van der Waals surface area contributed by atoms with Crippen molar-refractivity contribution < 1.29 is 19.2 Å². The molecule has 0 bridgehead atoms. The number of likely N-dealkylation sites (tertiary alicyclic amines) is 1. The Bertz CT molecular complexity index is 1040. The van der Waals surface area contributed by atoms with Crippen LogP contribution in [0.25, 0.3) is 0 Å². The highest BCUT2D eigenvalue weighted by molar-refractivity contribution is 5.75. The normalized spacial score (nSPS) is 14.6. The summed E-state index contributed by atoms with van der Waals surface area (Å²) >= 11 is 0. The number of rotatable bonds is 14. The molecule has 0 spiro atoms. The average molecular weight is 515 g/mol. The van der Waals surface area contributed by atoms with Gasteiger partial charge in [-0.15, -0.1) is 0 Å². The van der Waals surface area contributed by atoms with Crippen molar-refractivity contribution in [2.45, 2.75) is 72.1 Å². The number of carbonyl (C=O) groups is 1. The molecule has 1 saturated heterocycles. The summed E-state index contributed by atoms with van der Waals surface area (Å²) in [5.41, 5.74) is 7.83. The molecule has 2 N–H and O–H groups in total. The fourth-order valence-electron chi connectivity index (χ4n) is 4.30. The molecule has 11 heteroatoms. The van der Waals surface area contributed by atoms with Crippen LogP contribution in [0.4, 0.5) is 11.5 Å². The van der Waals surface area contributed by atoms with Crippen LogP contribution in [0.15, 0.2) is 24.3 Å². The summed E-state index contributed by atoms with van der Waals surface area (Å²) in [4.78, 5) is 36.4. The maximum atomic E-state index is 12.7. The minimum absolute atomic E-state index is 0.0112. The third-order valence-corrected chi connectivity index (χ3v) is 6.42. The van der Waals surface area contributed by atoms with Crippen molar-refractivity contribution in [3.05, 3.63) is 51.2 Å². The van der Waals surface area contributed by atoms with Crippen LogP contribution < -0.4 is 10.5 Å².